The normalized spacial score (nSPS) is 25.6. The molecule has 4 nitrogen and oxygen atoms in total. The van der Waals surface area contributed by atoms with Crippen LogP contribution in [-0.2, 0) is 4.79 Å². The van der Waals surface area contributed by atoms with Gasteiger partial charge in [-0.05, 0) is 70.6 Å². The number of piperidine rings is 2. The first-order chi connectivity index (χ1) is 9.65. The Hall–Kier alpha value is -0.610. The molecule has 0 bridgehead atoms. The number of carbonyl (C=O) groups excluding carboxylic acids is 1. The van der Waals surface area contributed by atoms with E-state index >= 15 is 0 Å². The van der Waals surface area contributed by atoms with Gasteiger partial charge < -0.3 is 15.1 Å². The zero-order chi connectivity index (χ0) is 14.4. The van der Waals surface area contributed by atoms with Gasteiger partial charge in [0.2, 0.25) is 5.91 Å². The Labute approximate surface area is 123 Å². The lowest BCUT2D eigenvalue weighted by molar-refractivity contribution is -0.131. The van der Waals surface area contributed by atoms with Crippen molar-refractivity contribution < 1.29 is 4.79 Å². The highest BCUT2D eigenvalue weighted by Crippen LogP contribution is 2.19. The molecule has 2 rings (SSSR count). The number of amides is 1. The van der Waals surface area contributed by atoms with Gasteiger partial charge in [-0.25, -0.2) is 0 Å². The predicted molar refractivity (Wildman–Crippen MR) is 82.7 cm³/mol. The highest BCUT2D eigenvalue weighted by atomic mass is 16.2. The number of hydrogen-bond acceptors (Lipinski definition) is 3. The molecule has 1 atom stereocenters. The number of likely N-dealkylation sites (tertiary alicyclic amines) is 1. The Kier molecular flexibility index (Phi) is 6.30. The fourth-order valence-electron chi connectivity index (χ4n) is 3.60. The van der Waals surface area contributed by atoms with Crippen LogP contribution in [0.4, 0.5) is 0 Å². The summed E-state index contributed by atoms with van der Waals surface area (Å²) in [5.41, 5.74) is 0. The van der Waals surface area contributed by atoms with Crippen molar-refractivity contribution in [1.29, 1.82) is 0 Å². The lowest BCUT2D eigenvalue weighted by Crippen LogP contribution is -2.40. The van der Waals surface area contributed by atoms with Gasteiger partial charge in [-0.1, -0.05) is 0 Å². The molecule has 1 amide bonds. The van der Waals surface area contributed by atoms with Gasteiger partial charge in [-0.15, -0.1) is 0 Å². The number of carbonyl (C=O) groups is 1. The zero-order valence-corrected chi connectivity index (χ0v) is 13.2. The summed E-state index contributed by atoms with van der Waals surface area (Å²) in [6.07, 6.45) is 6.85. The highest BCUT2D eigenvalue weighted by Gasteiger charge is 2.21. The second-order valence-electron chi connectivity index (χ2n) is 6.78. The van der Waals surface area contributed by atoms with Crippen molar-refractivity contribution >= 4 is 5.91 Å². The van der Waals surface area contributed by atoms with E-state index in [1.165, 1.54) is 32.2 Å². The van der Waals surface area contributed by atoms with E-state index in [-0.39, 0.29) is 0 Å². The van der Waals surface area contributed by atoms with E-state index in [4.69, 9.17) is 0 Å². The molecule has 116 valence electrons. The van der Waals surface area contributed by atoms with Gasteiger partial charge in [-0.2, -0.15) is 0 Å². The minimum Gasteiger partial charge on any atom is -0.345 e. The third-order valence-corrected chi connectivity index (χ3v) is 4.91. The zero-order valence-electron chi connectivity index (χ0n) is 13.2. The molecule has 0 spiro atoms. The van der Waals surface area contributed by atoms with E-state index in [1.807, 2.05) is 11.9 Å². The molecular formula is C16H31N3O. The van der Waals surface area contributed by atoms with E-state index in [0.29, 0.717) is 11.8 Å². The Morgan fingerprint density at radius 1 is 1.25 bits per heavy atom. The first-order valence-electron chi connectivity index (χ1n) is 8.28. The molecular weight excluding hydrogens is 250 g/mol. The Bertz CT molecular complexity index is 302. The second-order valence-corrected chi connectivity index (χ2v) is 6.78. The molecule has 2 aliphatic heterocycles. The maximum atomic E-state index is 12.2. The van der Waals surface area contributed by atoms with Gasteiger partial charge in [0.05, 0.1) is 0 Å². The fraction of sp³-hybridized carbons (Fsp3) is 0.938. The molecule has 1 N–H and O–H groups in total. The molecule has 2 saturated heterocycles. The van der Waals surface area contributed by atoms with Crippen molar-refractivity contribution in [2.45, 2.75) is 38.5 Å². The first kappa shape index (κ1) is 15.8. The quantitative estimate of drug-likeness (QED) is 0.831. The van der Waals surface area contributed by atoms with Crippen LogP contribution in [0.5, 0.6) is 0 Å². The number of rotatable bonds is 5. The summed E-state index contributed by atoms with van der Waals surface area (Å²) in [5, 5.41) is 3.38. The van der Waals surface area contributed by atoms with Crippen LogP contribution < -0.4 is 5.32 Å². The monoisotopic (exact) mass is 281 g/mol. The number of nitrogens with one attached hydrogen (secondary N) is 1. The van der Waals surface area contributed by atoms with E-state index in [0.717, 1.165) is 44.9 Å². The van der Waals surface area contributed by atoms with Crippen LogP contribution in [0.2, 0.25) is 0 Å². The topological polar surface area (TPSA) is 35.6 Å². The second kappa shape index (κ2) is 7.99. The van der Waals surface area contributed by atoms with Crippen LogP contribution in [0.3, 0.4) is 0 Å². The first-order valence-corrected chi connectivity index (χ1v) is 8.28. The Morgan fingerprint density at radius 3 is 2.70 bits per heavy atom. The van der Waals surface area contributed by atoms with Crippen LogP contribution >= 0.6 is 0 Å². The highest BCUT2D eigenvalue weighted by molar-refractivity contribution is 5.75. The molecule has 2 fully saturated rings. The molecule has 2 heterocycles. The molecule has 0 radical (unpaired) electrons. The minimum absolute atomic E-state index is 0.344. The molecule has 4 heteroatoms. The van der Waals surface area contributed by atoms with Gasteiger partial charge in [0.15, 0.2) is 0 Å². The lowest BCUT2D eigenvalue weighted by Gasteiger charge is -2.32. The van der Waals surface area contributed by atoms with E-state index in [2.05, 4.69) is 17.3 Å². The Morgan fingerprint density at radius 2 is 2.00 bits per heavy atom. The third-order valence-electron chi connectivity index (χ3n) is 4.91. The van der Waals surface area contributed by atoms with Crippen LogP contribution in [0, 0.1) is 11.8 Å². The van der Waals surface area contributed by atoms with Crippen LogP contribution in [0.1, 0.15) is 38.5 Å². The van der Waals surface area contributed by atoms with Gasteiger partial charge in [-0.3, -0.25) is 4.79 Å². The minimum atomic E-state index is 0.344. The maximum Gasteiger partial charge on any atom is 0.222 e. The summed E-state index contributed by atoms with van der Waals surface area (Å²) in [6.45, 7) is 5.55. The average Bonchev–Trinajstić information content (AvgIpc) is 2.46. The van der Waals surface area contributed by atoms with Crippen LogP contribution in [0.15, 0.2) is 0 Å². The predicted octanol–water partition coefficient (Wildman–Crippen LogP) is 1.57. The molecule has 0 aromatic rings. The molecule has 2 aliphatic rings. The fourth-order valence-corrected chi connectivity index (χ4v) is 3.60. The number of nitrogens with zero attached hydrogens (tertiary/aromatic N) is 2. The summed E-state index contributed by atoms with van der Waals surface area (Å²) in [4.78, 5) is 16.6. The van der Waals surface area contributed by atoms with Crippen molar-refractivity contribution in [3.05, 3.63) is 0 Å². The SMILES string of the molecule is CN1CCCC(CN(C)C(=O)CCC2CCNCC2)C1. The molecule has 0 aromatic heterocycles. The summed E-state index contributed by atoms with van der Waals surface area (Å²) in [6, 6.07) is 0. The van der Waals surface area contributed by atoms with Gasteiger partial charge in [0.25, 0.3) is 0 Å². The van der Waals surface area contributed by atoms with Crippen LogP contribution in [-0.4, -0.2) is 62.5 Å². The summed E-state index contributed by atoms with van der Waals surface area (Å²) in [5.74, 6) is 1.77. The lowest BCUT2D eigenvalue weighted by atomic mass is 9.93. The van der Waals surface area contributed by atoms with Crippen LogP contribution in [0.25, 0.3) is 0 Å². The largest absolute Gasteiger partial charge is 0.345 e. The molecule has 0 saturated carbocycles. The smallest absolute Gasteiger partial charge is 0.222 e. The van der Waals surface area contributed by atoms with Gasteiger partial charge >= 0.3 is 0 Å². The molecule has 20 heavy (non-hydrogen) atoms. The van der Waals surface area contributed by atoms with Crippen molar-refractivity contribution in [3.8, 4) is 0 Å². The third kappa shape index (κ3) is 5.06. The molecule has 1 unspecified atom stereocenters. The molecule has 0 aliphatic carbocycles. The van der Waals surface area contributed by atoms with E-state index in [9.17, 15) is 4.79 Å². The Balaban J connectivity index is 1.65. The standard InChI is InChI=1S/C16H31N3O/c1-18-11-3-4-15(12-18)13-19(2)16(20)6-5-14-7-9-17-10-8-14/h14-15,17H,3-13H2,1-2H3. The van der Waals surface area contributed by atoms with E-state index < -0.39 is 0 Å². The van der Waals surface area contributed by atoms with E-state index in [1.54, 1.807) is 0 Å². The van der Waals surface area contributed by atoms with Gasteiger partial charge in [0, 0.05) is 26.6 Å². The maximum absolute atomic E-state index is 12.2. The van der Waals surface area contributed by atoms with Crippen molar-refractivity contribution in [3.63, 3.8) is 0 Å². The van der Waals surface area contributed by atoms with Crippen molar-refractivity contribution in [2.24, 2.45) is 11.8 Å². The number of hydrogen-bond donors (Lipinski definition) is 1. The van der Waals surface area contributed by atoms with Gasteiger partial charge in [0.1, 0.15) is 0 Å². The summed E-state index contributed by atoms with van der Waals surface area (Å²) < 4.78 is 0. The summed E-state index contributed by atoms with van der Waals surface area (Å²) >= 11 is 0. The van der Waals surface area contributed by atoms with Crippen molar-refractivity contribution in [2.75, 3.05) is 46.8 Å². The summed E-state index contributed by atoms with van der Waals surface area (Å²) in [7, 11) is 4.17. The average molecular weight is 281 g/mol. The molecule has 0 aromatic carbocycles. The van der Waals surface area contributed by atoms with Crippen molar-refractivity contribution in [1.82, 2.24) is 15.1 Å².